The van der Waals surface area contributed by atoms with Gasteiger partial charge in [-0.2, -0.15) is 4.98 Å². The Morgan fingerprint density at radius 1 is 1.26 bits per heavy atom. The van der Waals surface area contributed by atoms with Gasteiger partial charge < -0.3 is 15.5 Å². The highest BCUT2D eigenvalue weighted by molar-refractivity contribution is 6.74. The standard InChI is InChI=1S/C16H29ClN4OSi/c1-15(2,3)23(6,7)22-9-16(4,5)10-8-19-13-11(10)12(17)20-14(18)21-13/h10H,8-9H2,1-7H3,(H3,18,19,20,21). The van der Waals surface area contributed by atoms with Crippen LogP contribution in [-0.2, 0) is 4.43 Å². The Bertz CT molecular complexity index is 598. The van der Waals surface area contributed by atoms with Crippen molar-refractivity contribution in [2.75, 3.05) is 24.2 Å². The summed E-state index contributed by atoms with van der Waals surface area (Å²) in [5, 5.41) is 3.95. The second-order valence-electron chi connectivity index (χ2n) is 8.61. The van der Waals surface area contributed by atoms with Gasteiger partial charge in [0.1, 0.15) is 11.0 Å². The molecule has 0 aliphatic carbocycles. The first-order valence-electron chi connectivity index (χ1n) is 8.06. The highest BCUT2D eigenvalue weighted by atomic mass is 35.5. The van der Waals surface area contributed by atoms with E-state index in [0.717, 1.165) is 17.9 Å². The van der Waals surface area contributed by atoms with Crippen LogP contribution in [0.5, 0.6) is 0 Å². The molecule has 3 N–H and O–H groups in total. The molecule has 1 aromatic rings. The third-order valence-electron chi connectivity index (χ3n) is 5.29. The van der Waals surface area contributed by atoms with E-state index in [4.69, 9.17) is 21.8 Å². The van der Waals surface area contributed by atoms with Crippen LogP contribution in [0, 0.1) is 5.41 Å². The third kappa shape index (κ3) is 3.64. The Morgan fingerprint density at radius 3 is 2.43 bits per heavy atom. The number of rotatable bonds is 4. The first-order valence-corrected chi connectivity index (χ1v) is 11.3. The first-order chi connectivity index (χ1) is 10.3. The predicted molar refractivity (Wildman–Crippen MR) is 99.6 cm³/mol. The van der Waals surface area contributed by atoms with E-state index in [9.17, 15) is 0 Å². The van der Waals surface area contributed by atoms with E-state index in [1.807, 2.05) is 0 Å². The summed E-state index contributed by atoms with van der Waals surface area (Å²) >= 11 is 6.34. The van der Waals surface area contributed by atoms with E-state index in [2.05, 4.69) is 63.0 Å². The maximum Gasteiger partial charge on any atom is 0.223 e. The van der Waals surface area contributed by atoms with Crippen LogP contribution in [0.4, 0.5) is 11.8 Å². The summed E-state index contributed by atoms with van der Waals surface area (Å²) in [6.45, 7) is 17.2. The molecule has 0 fully saturated rings. The zero-order valence-electron chi connectivity index (χ0n) is 15.2. The molecule has 0 saturated carbocycles. The Hall–Kier alpha value is -0.853. The molecule has 0 aromatic carbocycles. The lowest BCUT2D eigenvalue weighted by Gasteiger charge is -2.40. The average molecular weight is 357 g/mol. The fraction of sp³-hybridized carbons (Fsp3) is 0.750. The Kier molecular flexibility index (Phi) is 4.74. The fourth-order valence-corrected chi connectivity index (χ4v) is 4.03. The molecule has 0 saturated heterocycles. The van der Waals surface area contributed by atoms with Crippen LogP contribution < -0.4 is 11.1 Å². The number of hydrogen-bond donors (Lipinski definition) is 2. The van der Waals surface area contributed by atoms with Gasteiger partial charge in [-0.05, 0) is 23.5 Å². The molecular weight excluding hydrogens is 328 g/mol. The molecule has 1 aliphatic rings. The molecule has 1 atom stereocenters. The molecule has 1 unspecified atom stereocenters. The quantitative estimate of drug-likeness (QED) is 0.622. The summed E-state index contributed by atoms with van der Waals surface area (Å²) in [5.74, 6) is 1.17. The highest BCUT2D eigenvalue weighted by Gasteiger charge is 2.43. The second-order valence-corrected chi connectivity index (χ2v) is 13.8. The predicted octanol–water partition coefficient (Wildman–Crippen LogP) is 4.27. The SMILES string of the molecule is CC(C)(CO[Si](C)(C)C(C)(C)C)C1CNc2nc(N)nc(Cl)c21. The second kappa shape index (κ2) is 5.90. The fourth-order valence-electron chi connectivity index (χ4n) is 2.55. The number of aromatic nitrogens is 2. The number of nitrogens with zero attached hydrogens (tertiary/aromatic N) is 2. The molecule has 1 aliphatic heterocycles. The number of fused-ring (bicyclic) bond motifs is 1. The summed E-state index contributed by atoms with van der Waals surface area (Å²) in [6.07, 6.45) is 0. The number of hydrogen-bond acceptors (Lipinski definition) is 5. The molecule has 5 nitrogen and oxygen atoms in total. The van der Waals surface area contributed by atoms with Crippen LogP contribution in [0.2, 0.25) is 23.3 Å². The van der Waals surface area contributed by atoms with Crippen molar-refractivity contribution < 1.29 is 4.43 Å². The summed E-state index contributed by atoms with van der Waals surface area (Å²) in [7, 11) is -1.78. The number of halogens is 1. The number of nitrogens with one attached hydrogen (secondary N) is 1. The highest BCUT2D eigenvalue weighted by Crippen LogP contribution is 2.46. The summed E-state index contributed by atoms with van der Waals surface area (Å²) < 4.78 is 6.45. The minimum absolute atomic E-state index is 0.0725. The van der Waals surface area contributed by atoms with Crippen molar-refractivity contribution in [2.24, 2.45) is 5.41 Å². The van der Waals surface area contributed by atoms with E-state index >= 15 is 0 Å². The van der Waals surface area contributed by atoms with E-state index < -0.39 is 8.32 Å². The summed E-state index contributed by atoms with van der Waals surface area (Å²) in [4.78, 5) is 8.38. The molecule has 0 spiro atoms. The molecule has 2 heterocycles. The van der Waals surface area contributed by atoms with Crippen molar-refractivity contribution in [2.45, 2.75) is 58.7 Å². The van der Waals surface area contributed by atoms with Crippen molar-refractivity contribution in [3.8, 4) is 0 Å². The molecular formula is C16H29ClN4OSi. The average Bonchev–Trinajstić information content (AvgIpc) is 2.80. The normalized spacial score (nSPS) is 18.7. The van der Waals surface area contributed by atoms with E-state index in [-0.39, 0.29) is 22.3 Å². The van der Waals surface area contributed by atoms with Crippen LogP contribution in [0.15, 0.2) is 0 Å². The van der Waals surface area contributed by atoms with Crippen LogP contribution >= 0.6 is 11.6 Å². The van der Waals surface area contributed by atoms with E-state index in [1.165, 1.54) is 0 Å². The van der Waals surface area contributed by atoms with Crippen LogP contribution in [-0.4, -0.2) is 31.4 Å². The van der Waals surface area contributed by atoms with Gasteiger partial charge in [0.05, 0.1) is 0 Å². The Balaban J connectivity index is 2.20. The van der Waals surface area contributed by atoms with Crippen molar-refractivity contribution in [1.82, 2.24) is 9.97 Å². The number of nitrogen functional groups attached to an aromatic ring is 1. The molecule has 0 bridgehead atoms. The van der Waals surface area contributed by atoms with Crippen LogP contribution in [0.25, 0.3) is 0 Å². The Labute approximate surface area is 145 Å². The van der Waals surface area contributed by atoms with Crippen molar-refractivity contribution in [3.63, 3.8) is 0 Å². The first kappa shape index (κ1) is 18.5. The lowest BCUT2D eigenvalue weighted by molar-refractivity contribution is 0.142. The minimum atomic E-state index is -1.78. The maximum atomic E-state index is 6.45. The van der Waals surface area contributed by atoms with E-state index in [0.29, 0.717) is 11.8 Å². The van der Waals surface area contributed by atoms with E-state index in [1.54, 1.807) is 0 Å². The van der Waals surface area contributed by atoms with Crippen molar-refractivity contribution in [3.05, 3.63) is 10.7 Å². The monoisotopic (exact) mass is 356 g/mol. The van der Waals surface area contributed by atoms with Crippen LogP contribution in [0.3, 0.4) is 0 Å². The zero-order chi connectivity index (χ0) is 17.6. The van der Waals surface area contributed by atoms with Gasteiger partial charge in [-0.25, -0.2) is 4.98 Å². The molecule has 0 amide bonds. The largest absolute Gasteiger partial charge is 0.416 e. The van der Waals surface area contributed by atoms with Gasteiger partial charge in [0.15, 0.2) is 8.32 Å². The number of nitrogens with two attached hydrogens (primary N) is 1. The van der Waals surface area contributed by atoms with Crippen LogP contribution in [0.1, 0.15) is 46.1 Å². The van der Waals surface area contributed by atoms with Gasteiger partial charge in [0.25, 0.3) is 0 Å². The molecule has 7 heteroatoms. The Morgan fingerprint density at radius 2 is 1.87 bits per heavy atom. The smallest absolute Gasteiger partial charge is 0.223 e. The zero-order valence-corrected chi connectivity index (χ0v) is 17.0. The minimum Gasteiger partial charge on any atom is -0.416 e. The van der Waals surface area contributed by atoms with Gasteiger partial charge in [-0.1, -0.05) is 46.2 Å². The molecule has 2 rings (SSSR count). The van der Waals surface area contributed by atoms with Gasteiger partial charge in [0, 0.05) is 24.6 Å². The molecule has 130 valence electrons. The van der Waals surface area contributed by atoms with Gasteiger partial charge in [0.2, 0.25) is 5.95 Å². The van der Waals surface area contributed by atoms with Gasteiger partial charge in [-0.3, -0.25) is 0 Å². The molecule has 23 heavy (non-hydrogen) atoms. The molecule has 1 aromatic heterocycles. The van der Waals surface area contributed by atoms with Gasteiger partial charge >= 0.3 is 0 Å². The number of anilines is 2. The third-order valence-corrected chi connectivity index (χ3v) is 10.1. The lowest BCUT2D eigenvalue weighted by atomic mass is 9.77. The maximum absolute atomic E-state index is 6.45. The topological polar surface area (TPSA) is 73.1 Å². The van der Waals surface area contributed by atoms with Crippen molar-refractivity contribution >= 4 is 31.7 Å². The summed E-state index contributed by atoms with van der Waals surface area (Å²) in [5.41, 5.74) is 6.57. The lowest BCUT2D eigenvalue weighted by Crippen LogP contribution is -2.44. The summed E-state index contributed by atoms with van der Waals surface area (Å²) in [6, 6.07) is 0. The van der Waals surface area contributed by atoms with Gasteiger partial charge in [-0.15, -0.1) is 0 Å². The molecule has 0 radical (unpaired) electrons. The van der Waals surface area contributed by atoms with Crippen molar-refractivity contribution in [1.29, 1.82) is 0 Å².